The van der Waals surface area contributed by atoms with Gasteiger partial charge in [-0.2, -0.15) is 0 Å². The van der Waals surface area contributed by atoms with Gasteiger partial charge < -0.3 is 9.84 Å². The van der Waals surface area contributed by atoms with Crippen molar-refractivity contribution in [2.45, 2.75) is 32.5 Å². The predicted octanol–water partition coefficient (Wildman–Crippen LogP) is 3.42. The number of hydrogen-bond donors (Lipinski definition) is 1. The van der Waals surface area contributed by atoms with Gasteiger partial charge in [-0.3, -0.25) is 9.13 Å². The van der Waals surface area contributed by atoms with Gasteiger partial charge in [-0.15, -0.1) is 0 Å². The third kappa shape index (κ3) is 3.96. The van der Waals surface area contributed by atoms with Crippen molar-refractivity contribution >= 4 is 27.0 Å². The number of benzene rings is 2. The molecule has 0 aliphatic rings. The molecule has 5 nitrogen and oxygen atoms in total. The second-order valence-electron chi connectivity index (χ2n) is 5.95. The quantitative estimate of drug-likeness (QED) is 0.656. The van der Waals surface area contributed by atoms with Gasteiger partial charge in [-0.25, -0.2) is 4.79 Å². The monoisotopic (exact) mass is 404 g/mol. The minimum atomic E-state index is -0.776. The number of halogens is 1. The summed E-state index contributed by atoms with van der Waals surface area (Å²) in [4.78, 5) is 12.7. The van der Waals surface area contributed by atoms with E-state index in [9.17, 15) is 9.90 Å². The molecule has 0 saturated carbocycles. The molecule has 0 radical (unpaired) electrons. The number of aromatic nitrogens is 2. The van der Waals surface area contributed by atoms with Crippen LogP contribution in [0.25, 0.3) is 11.0 Å². The van der Waals surface area contributed by atoms with Crippen LogP contribution in [0.3, 0.4) is 0 Å². The molecule has 0 bridgehead atoms. The number of fused-ring (bicyclic) bond motifs is 1. The van der Waals surface area contributed by atoms with E-state index in [0.717, 1.165) is 21.9 Å². The topological polar surface area (TPSA) is 56.4 Å². The van der Waals surface area contributed by atoms with Crippen molar-refractivity contribution in [1.29, 1.82) is 0 Å². The average molecular weight is 405 g/mol. The molecule has 0 fully saturated rings. The molecule has 0 amide bonds. The standard InChI is InChI=1S/C19H21BrN2O3/c1-2-11-21-17-5-3-4-6-18(17)22(19(21)24)12-15(23)13-25-16-9-7-14(20)8-10-16/h3-10,15,23H,2,11-13H2,1H3. The zero-order valence-electron chi connectivity index (χ0n) is 14.1. The summed E-state index contributed by atoms with van der Waals surface area (Å²) in [5, 5.41) is 10.3. The molecule has 0 saturated heterocycles. The van der Waals surface area contributed by atoms with Crippen LogP contribution in [0.15, 0.2) is 57.8 Å². The molecular formula is C19H21BrN2O3. The zero-order chi connectivity index (χ0) is 17.8. The lowest BCUT2D eigenvalue weighted by molar-refractivity contribution is 0.0924. The molecule has 25 heavy (non-hydrogen) atoms. The molecule has 2 aromatic carbocycles. The third-order valence-electron chi connectivity index (χ3n) is 4.02. The summed E-state index contributed by atoms with van der Waals surface area (Å²) >= 11 is 3.37. The maximum atomic E-state index is 12.7. The minimum Gasteiger partial charge on any atom is -0.491 e. The summed E-state index contributed by atoms with van der Waals surface area (Å²) in [6.45, 7) is 3.03. The number of para-hydroxylation sites is 2. The van der Waals surface area contributed by atoms with Gasteiger partial charge in [-0.1, -0.05) is 35.0 Å². The molecule has 3 aromatic rings. The minimum absolute atomic E-state index is 0.0919. The first-order valence-electron chi connectivity index (χ1n) is 8.34. The molecule has 1 unspecified atom stereocenters. The van der Waals surface area contributed by atoms with Crippen LogP contribution < -0.4 is 10.4 Å². The highest BCUT2D eigenvalue weighted by molar-refractivity contribution is 9.10. The molecule has 1 heterocycles. The molecule has 3 rings (SSSR count). The summed E-state index contributed by atoms with van der Waals surface area (Å²) in [5.41, 5.74) is 1.64. The maximum Gasteiger partial charge on any atom is 0.329 e. The van der Waals surface area contributed by atoms with E-state index in [4.69, 9.17) is 4.74 Å². The number of imidazole rings is 1. The Morgan fingerprint density at radius 1 is 1.08 bits per heavy atom. The number of ether oxygens (including phenoxy) is 1. The Morgan fingerprint density at radius 2 is 1.72 bits per heavy atom. The second kappa shape index (κ2) is 7.89. The second-order valence-corrected chi connectivity index (χ2v) is 6.87. The van der Waals surface area contributed by atoms with E-state index in [2.05, 4.69) is 15.9 Å². The van der Waals surface area contributed by atoms with Gasteiger partial charge in [0.2, 0.25) is 0 Å². The first kappa shape index (κ1) is 17.8. The van der Waals surface area contributed by atoms with Crippen LogP contribution in [-0.2, 0) is 13.1 Å². The summed E-state index contributed by atoms with van der Waals surface area (Å²) in [6, 6.07) is 15.1. The summed E-state index contributed by atoms with van der Waals surface area (Å²) < 4.78 is 9.96. The van der Waals surface area contributed by atoms with E-state index in [0.29, 0.717) is 12.3 Å². The Morgan fingerprint density at radius 3 is 2.36 bits per heavy atom. The van der Waals surface area contributed by atoms with Gasteiger partial charge >= 0.3 is 5.69 Å². The molecule has 0 spiro atoms. The first-order chi connectivity index (χ1) is 12.1. The fraction of sp³-hybridized carbons (Fsp3) is 0.316. The zero-order valence-corrected chi connectivity index (χ0v) is 15.6. The lowest BCUT2D eigenvalue weighted by Crippen LogP contribution is -2.31. The van der Waals surface area contributed by atoms with Crippen LogP contribution in [0.1, 0.15) is 13.3 Å². The fourth-order valence-electron chi connectivity index (χ4n) is 2.88. The highest BCUT2D eigenvalue weighted by atomic mass is 79.9. The van der Waals surface area contributed by atoms with E-state index in [-0.39, 0.29) is 18.8 Å². The average Bonchev–Trinajstić information content (AvgIpc) is 2.88. The van der Waals surface area contributed by atoms with Crippen molar-refractivity contribution in [2.75, 3.05) is 6.61 Å². The Kier molecular flexibility index (Phi) is 5.60. The molecule has 0 aliphatic heterocycles. The van der Waals surface area contributed by atoms with E-state index in [1.54, 1.807) is 9.13 Å². The van der Waals surface area contributed by atoms with Crippen molar-refractivity contribution in [2.24, 2.45) is 0 Å². The smallest absolute Gasteiger partial charge is 0.329 e. The Labute approximate surface area is 154 Å². The molecular weight excluding hydrogens is 384 g/mol. The first-order valence-corrected chi connectivity index (χ1v) is 9.14. The van der Waals surface area contributed by atoms with Crippen LogP contribution in [0, 0.1) is 0 Å². The van der Waals surface area contributed by atoms with Crippen LogP contribution >= 0.6 is 15.9 Å². The number of nitrogens with zero attached hydrogens (tertiary/aromatic N) is 2. The highest BCUT2D eigenvalue weighted by Crippen LogP contribution is 2.17. The molecule has 132 valence electrons. The van der Waals surface area contributed by atoms with Crippen molar-refractivity contribution < 1.29 is 9.84 Å². The summed E-state index contributed by atoms with van der Waals surface area (Å²) in [6.07, 6.45) is 0.102. The molecule has 1 atom stereocenters. The number of rotatable bonds is 7. The van der Waals surface area contributed by atoms with Gasteiger partial charge in [0.05, 0.1) is 17.6 Å². The number of aliphatic hydroxyl groups is 1. The number of aryl methyl sites for hydroxylation is 1. The predicted molar refractivity (Wildman–Crippen MR) is 102 cm³/mol. The maximum absolute atomic E-state index is 12.7. The van der Waals surface area contributed by atoms with Gasteiger partial charge in [-0.05, 0) is 42.8 Å². The lowest BCUT2D eigenvalue weighted by Gasteiger charge is -2.13. The molecule has 0 aliphatic carbocycles. The van der Waals surface area contributed by atoms with Gasteiger partial charge in [0.25, 0.3) is 0 Å². The van der Waals surface area contributed by atoms with Crippen molar-refractivity contribution in [3.8, 4) is 5.75 Å². The van der Waals surface area contributed by atoms with E-state index in [1.807, 2.05) is 55.5 Å². The largest absolute Gasteiger partial charge is 0.491 e. The number of hydrogen-bond acceptors (Lipinski definition) is 3. The van der Waals surface area contributed by atoms with Gasteiger partial charge in [0, 0.05) is 11.0 Å². The van der Waals surface area contributed by atoms with Crippen LogP contribution in [0.5, 0.6) is 5.75 Å². The fourth-order valence-corrected chi connectivity index (χ4v) is 3.14. The Hall–Kier alpha value is -2.05. The molecule has 1 N–H and O–H groups in total. The normalized spacial score (nSPS) is 12.4. The number of aliphatic hydroxyl groups excluding tert-OH is 1. The van der Waals surface area contributed by atoms with E-state index < -0.39 is 6.10 Å². The lowest BCUT2D eigenvalue weighted by atomic mass is 10.3. The molecule has 6 heteroatoms. The summed E-state index contributed by atoms with van der Waals surface area (Å²) in [7, 11) is 0. The van der Waals surface area contributed by atoms with E-state index in [1.165, 1.54) is 0 Å². The van der Waals surface area contributed by atoms with Gasteiger partial charge in [0.15, 0.2) is 0 Å². The van der Waals surface area contributed by atoms with E-state index >= 15 is 0 Å². The third-order valence-corrected chi connectivity index (χ3v) is 4.55. The van der Waals surface area contributed by atoms with Crippen LogP contribution in [-0.4, -0.2) is 27.0 Å². The van der Waals surface area contributed by atoms with Crippen LogP contribution in [0.2, 0.25) is 0 Å². The highest BCUT2D eigenvalue weighted by Gasteiger charge is 2.15. The van der Waals surface area contributed by atoms with Crippen molar-refractivity contribution in [3.63, 3.8) is 0 Å². The van der Waals surface area contributed by atoms with Gasteiger partial charge in [0.1, 0.15) is 18.5 Å². The Bertz CT molecular complexity index is 899. The van der Waals surface area contributed by atoms with Crippen molar-refractivity contribution in [3.05, 3.63) is 63.5 Å². The molecule has 1 aromatic heterocycles. The Balaban J connectivity index is 1.76. The SMILES string of the molecule is CCCn1c(=O)n(CC(O)COc2ccc(Br)cc2)c2ccccc21. The van der Waals surface area contributed by atoms with Crippen molar-refractivity contribution in [1.82, 2.24) is 9.13 Å². The summed E-state index contributed by atoms with van der Waals surface area (Å²) in [5.74, 6) is 0.683. The van der Waals surface area contributed by atoms with Crippen LogP contribution in [0.4, 0.5) is 0 Å².